The predicted octanol–water partition coefficient (Wildman–Crippen LogP) is -2.15. The first kappa shape index (κ1) is 10.2. The molecule has 0 aromatic heterocycles. The van der Waals surface area contributed by atoms with Gasteiger partial charge in [-0.1, -0.05) is 0 Å². The number of thiol groups is 1. The molecule has 5 N–H and O–H groups in total. The summed E-state index contributed by atoms with van der Waals surface area (Å²) in [6.45, 7) is -0.155. The van der Waals surface area contributed by atoms with Crippen LogP contribution >= 0.6 is 12.6 Å². The van der Waals surface area contributed by atoms with Gasteiger partial charge < -0.3 is 16.8 Å². The van der Waals surface area contributed by atoms with Gasteiger partial charge in [-0.15, -0.1) is 0 Å². The van der Waals surface area contributed by atoms with Gasteiger partial charge in [0.2, 0.25) is 11.8 Å². The fraction of sp³-hybridized carbons (Fsp3) is 0.600. The molecule has 5 nitrogen and oxygen atoms in total. The lowest BCUT2D eigenvalue weighted by Crippen LogP contribution is -2.47. The van der Waals surface area contributed by atoms with Crippen molar-refractivity contribution in [2.75, 3.05) is 12.3 Å². The maximum absolute atomic E-state index is 10.6. The number of hydrogen-bond acceptors (Lipinski definition) is 4. The molecule has 0 aliphatic rings. The predicted molar refractivity (Wildman–Crippen MR) is 44.0 cm³/mol. The van der Waals surface area contributed by atoms with Gasteiger partial charge in [-0.25, -0.2) is 0 Å². The highest BCUT2D eigenvalue weighted by molar-refractivity contribution is 7.80. The fourth-order valence-corrected chi connectivity index (χ4v) is 0.731. The molecule has 64 valence electrons. The summed E-state index contributed by atoms with van der Waals surface area (Å²) in [6.07, 6.45) is 0. The molecular weight excluding hydrogens is 166 g/mol. The van der Waals surface area contributed by atoms with Crippen molar-refractivity contribution in [1.82, 2.24) is 5.32 Å². The van der Waals surface area contributed by atoms with E-state index in [4.69, 9.17) is 11.5 Å². The molecule has 0 saturated heterocycles. The second-order valence-electron chi connectivity index (χ2n) is 1.91. The number of hydrogen-bond donors (Lipinski definition) is 4. The van der Waals surface area contributed by atoms with E-state index in [0.717, 1.165) is 0 Å². The Morgan fingerprint density at radius 3 is 2.36 bits per heavy atom. The Morgan fingerprint density at radius 2 is 2.09 bits per heavy atom. The minimum atomic E-state index is -0.727. The largest absolute Gasteiger partial charge is 0.368 e. The van der Waals surface area contributed by atoms with Crippen molar-refractivity contribution in [2.24, 2.45) is 11.5 Å². The molecule has 0 aromatic rings. The average Bonchev–Trinajstić information content (AvgIpc) is 1.99. The van der Waals surface area contributed by atoms with Crippen LogP contribution in [0.2, 0.25) is 0 Å². The highest BCUT2D eigenvalue weighted by atomic mass is 32.1. The molecule has 0 saturated carbocycles. The van der Waals surface area contributed by atoms with E-state index in [1.807, 2.05) is 0 Å². The van der Waals surface area contributed by atoms with Crippen LogP contribution in [0.5, 0.6) is 0 Å². The summed E-state index contributed by atoms with van der Waals surface area (Å²) >= 11 is 3.81. The maximum atomic E-state index is 10.6. The maximum Gasteiger partial charge on any atom is 0.240 e. The number of carbonyl (C=O) groups excluding carboxylic acids is 2. The summed E-state index contributed by atoms with van der Waals surface area (Å²) in [4.78, 5) is 21.1. The summed E-state index contributed by atoms with van der Waals surface area (Å²) in [6, 6.07) is -0.727. The fourth-order valence-electron chi connectivity index (χ4n) is 0.460. The molecule has 0 heterocycles. The monoisotopic (exact) mass is 177 g/mol. The van der Waals surface area contributed by atoms with Crippen LogP contribution in [0, 0.1) is 0 Å². The van der Waals surface area contributed by atoms with Crippen molar-refractivity contribution in [2.45, 2.75) is 6.04 Å². The summed E-state index contributed by atoms with van der Waals surface area (Å²) in [7, 11) is 0. The van der Waals surface area contributed by atoms with Crippen molar-refractivity contribution in [1.29, 1.82) is 0 Å². The van der Waals surface area contributed by atoms with Crippen molar-refractivity contribution >= 4 is 24.4 Å². The van der Waals surface area contributed by atoms with Crippen LogP contribution in [0.3, 0.4) is 0 Å². The highest BCUT2D eigenvalue weighted by Crippen LogP contribution is 1.85. The van der Waals surface area contributed by atoms with Crippen LogP contribution in [0.25, 0.3) is 0 Å². The van der Waals surface area contributed by atoms with Gasteiger partial charge in [-0.2, -0.15) is 12.6 Å². The molecule has 6 heteroatoms. The lowest BCUT2D eigenvalue weighted by Gasteiger charge is -2.10. The molecule has 0 aliphatic carbocycles. The van der Waals surface area contributed by atoms with Crippen LogP contribution in [0.1, 0.15) is 0 Å². The van der Waals surface area contributed by atoms with Crippen LogP contribution in [-0.4, -0.2) is 30.2 Å². The topological polar surface area (TPSA) is 98.2 Å². The summed E-state index contributed by atoms with van der Waals surface area (Å²) in [5.74, 6) is -0.842. The first-order chi connectivity index (χ1) is 5.11. The molecule has 0 unspecified atom stereocenters. The van der Waals surface area contributed by atoms with Gasteiger partial charge in [0.15, 0.2) is 0 Å². The first-order valence-corrected chi connectivity index (χ1v) is 3.64. The van der Waals surface area contributed by atoms with E-state index in [2.05, 4.69) is 17.9 Å². The Morgan fingerprint density at radius 1 is 1.55 bits per heavy atom. The average molecular weight is 177 g/mol. The number of nitrogens with one attached hydrogen (secondary N) is 1. The second kappa shape index (κ2) is 4.97. The Hall–Kier alpha value is -0.750. The number of primary amides is 1. The lowest BCUT2D eigenvalue weighted by atomic mass is 10.3. The first-order valence-electron chi connectivity index (χ1n) is 3.01. The number of rotatable bonds is 4. The van der Waals surface area contributed by atoms with Gasteiger partial charge >= 0.3 is 0 Å². The molecule has 0 aromatic carbocycles. The van der Waals surface area contributed by atoms with Crippen LogP contribution in [0.15, 0.2) is 0 Å². The molecule has 1 atom stereocenters. The summed E-state index contributed by atoms with van der Waals surface area (Å²) in [5.41, 5.74) is 9.89. The van der Waals surface area contributed by atoms with Crippen molar-refractivity contribution in [3.63, 3.8) is 0 Å². The van der Waals surface area contributed by atoms with E-state index in [0.29, 0.717) is 0 Å². The Bertz CT molecular complexity index is 162. The van der Waals surface area contributed by atoms with E-state index >= 15 is 0 Å². The van der Waals surface area contributed by atoms with E-state index < -0.39 is 17.9 Å². The molecule has 2 amide bonds. The lowest BCUT2D eigenvalue weighted by molar-refractivity contribution is -0.126. The van der Waals surface area contributed by atoms with E-state index in [1.165, 1.54) is 0 Å². The molecule has 0 radical (unpaired) electrons. The van der Waals surface area contributed by atoms with Gasteiger partial charge in [-0.05, 0) is 0 Å². The molecule has 0 spiro atoms. The van der Waals surface area contributed by atoms with Crippen molar-refractivity contribution in [3.8, 4) is 0 Å². The quantitative estimate of drug-likeness (QED) is 0.368. The van der Waals surface area contributed by atoms with Crippen molar-refractivity contribution < 1.29 is 9.59 Å². The molecule has 0 aliphatic heterocycles. The molecule has 0 bridgehead atoms. The minimum Gasteiger partial charge on any atom is -0.368 e. The van der Waals surface area contributed by atoms with Crippen LogP contribution in [-0.2, 0) is 9.59 Å². The van der Waals surface area contributed by atoms with Gasteiger partial charge in [0, 0.05) is 5.75 Å². The summed E-state index contributed by atoms with van der Waals surface area (Å²) < 4.78 is 0. The van der Waals surface area contributed by atoms with Gasteiger partial charge in [0.05, 0.1) is 6.54 Å². The third-order valence-corrected chi connectivity index (χ3v) is 1.41. The van der Waals surface area contributed by atoms with Crippen molar-refractivity contribution in [3.05, 3.63) is 0 Å². The Labute approximate surface area is 69.9 Å². The zero-order valence-electron chi connectivity index (χ0n) is 5.91. The van der Waals surface area contributed by atoms with Gasteiger partial charge in [-0.3, -0.25) is 9.59 Å². The van der Waals surface area contributed by atoms with E-state index in [1.54, 1.807) is 0 Å². The van der Waals surface area contributed by atoms with Crippen LogP contribution in [0.4, 0.5) is 0 Å². The van der Waals surface area contributed by atoms with Gasteiger partial charge in [0.1, 0.15) is 6.04 Å². The number of nitrogens with two attached hydrogens (primary N) is 2. The van der Waals surface area contributed by atoms with Crippen LogP contribution < -0.4 is 16.8 Å². The zero-order chi connectivity index (χ0) is 8.85. The number of amides is 2. The SMILES string of the molecule is NCC(=O)N[C@@H](CS)C(N)=O. The minimum absolute atomic E-state index is 0.155. The third-order valence-electron chi connectivity index (χ3n) is 1.05. The molecule has 0 rings (SSSR count). The van der Waals surface area contributed by atoms with E-state index in [9.17, 15) is 9.59 Å². The zero-order valence-corrected chi connectivity index (χ0v) is 6.80. The molecular formula is C5H11N3O2S. The van der Waals surface area contributed by atoms with Gasteiger partial charge in [0.25, 0.3) is 0 Å². The highest BCUT2D eigenvalue weighted by Gasteiger charge is 2.14. The third kappa shape index (κ3) is 3.84. The number of carbonyl (C=O) groups is 2. The Balaban J connectivity index is 3.88. The molecule has 11 heavy (non-hydrogen) atoms. The second-order valence-corrected chi connectivity index (χ2v) is 2.27. The Kier molecular flexibility index (Phi) is 4.64. The van der Waals surface area contributed by atoms with E-state index in [-0.39, 0.29) is 12.3 Å². The smallest absolute Gasteiger partial charge is 0.240 e. The molecule has 0 fully saturated rings. The standard InChI is InChI=1S/C5H11N3O2S/c6-1-4(9)8-3(2-11)5(7)10/h3,11H,1-2,6H2,(H2,7,10)(H,8,9)/t3-/m0/s1. The summed E-state index contributed by atoms with van der Waals surface area (Å²) in [5, 5.41) is 2.30. The normalized spacial score (nSPS) is 12.2.